The molecule has 40 heavy (non-hydrogen) atoms. The summed E-state index contributed by atoms with van der Waals surface area (Å²) in [6.07, 6.45) is 1.66. The van der Waals surface area contributed by atoms with Gasteiger partial charge in [0.15, 0.2) is 0 Å². The van der Waals surface area contributed by atoms with E-state index in [0.717, 1.165) is 21.9 Å². The minimum Gasteiger partial charge on any atom is -0.369 e. The molecule has 1 N–H and O–H groups in total. The summed E-state index contributed by atoms with van der Waals surface area (Å²) < 4.78 is 47.0. The Kier molecular flexibility index (Phi) is 7.72. The molecule has 13 heteroatoms. The summed E-state index contributed by atoms with van der Waals surface area (Å²) in [5, 5.41) is 2.68. The van der Waals surface area contributed by atoms with E-state index in [1.807, 2.05) is 0 Å². The Morgan fingerprint density at radius 1 is 1.10 bits per heavy atom. The van der Waals surface area contributed by atoms with Gasteiger partial charge in [-0.3, -0.25) is 24.2 Å². The third-order valence-electron chi connectivity index (χ3n) is 6.60. The van der Waals surface area contributed by atoms with Gasteiger partial charge in [0.25, 0.3) is 17.7 Å². The maximum atomic E-state index is 14.5. The van der Waals surface area contributed by atoms with Crippen LogP contribution in [0.2, 0.25) is 5.02 Å². The second kappa shape index (κ2) is 11.2. The van der Waals surface area contributed by atoms with E-state index in [1.54, 1.807) is 12.1 Å². The van der Waals surface area contributed by atoms with Crippen LogP contribution in [-0.2, 0) is 19.1 Å². The number of amides is 3. The van der Waals surface area contributed by atoms with Crippen LogP contribution >= 0.6 is 11.6 Å². The van der Waals surface area contributed by atoms with E-state index >= 15 is 0 Å². The maximum absolute atomic E-state index is 14.5. The summed E-state index contributed by atoms with van der Waals surface area (Å²) in [6.45, 7) is -0.618. The number of ether oxygens (including phenoxy) is 1. The second-order valence-electron chi connectivity index (χ2n) is 9.43. The van der Waals surface area contributed by atoms with Crippen molar-refractivity contribution in [1.29, 1.82) is 0 Å². The molecule has 1 unspecified atom stereocenters. The molecule has 0 bridgehead atoms. The number of hydrogen-bond acceptors (Lipinski definition) is 6. The summed E-state index contributed by atoms with van der Waals surface area (Å²) in [5.41, 5.74) is 0.131. The molecule has 1 aromatic heterocycles. The molecule has 2 fully saturated rings. The van der Waals surface area contributed by atoms with Crippen LogP contribution in [0.1, 0.15) is 24.4 Å². The lowest BCUT2D eigenvalue weighted by Gasteiger charge is -2.40. The molecular weight excluding hydrogens is 551 g/mol. The molecule has 1 aliphatic carbocycles. The fraction of sp³-hybridized carbons (Fsp3) is 0.296. The third kappa shape index (κ3) is 5.63. The first kappa shape index (κ1) is 27.5. The molecule has 1 saturated carbocycles. The molecule has 2 aromatic carbocycles. The van der Waals surface area contributed by atoms with Gasteiger partial charge in [0, 0.05) is 47.6 Å². The Balaban J connectivity index is 1.61. The van der Waals surface area contributed by atoms with Crippen LogP contribution in [0, 0.1) is 5.82 Å². The highest BCUT2D eigenvalue weighted by molar-refractivity contribution is 6.31. The number of rotatable bonds is 7. The number of nitrogens with zero attached hydrogens (tertiary/aromatic N) is 4. The van der Waals surface area contributed by atoms with E-state index in [4.69, 9.17) is 16.3 Å². The highest BCUT2D eigenvalue weighted by Gasteiger charge is 2.48. The van der Waals surface area contributed by atoms with Gasteiger partial charge < -0.3 is 10.1 Å². The van der Waals surface area contributed by atoms with Gasteiger partial charge >= 0.3 is 0 Å². The van der Waals surface area contributed by atoms with Crippen molar-refractivity contribution < 1.29 is 32.3 Å². The molecule has 1 aliphatic heterocycles. The van der Waals surface area contributed by atoms with Crippen molar-refractivity contribution in [3.8, 4) is 0 Å². The van der Waals surface area contributed by atoms with E-state index in [1.165, 1.54) is 42.7 Å². The van der Waals surface area contributed by atoms with E-state index in [0.29, 0.717) is 0 Å². The van der Waals surface area contributed by atoms with Gasteiger partial charge in [0.05, 0.1) is 6.61 Å². The first-order valence-electron chi connectivity index (χ1n) is 12.3. The zero-order valence-electron chi connectivity index (χ0n) is 20.8. The lowest BCUT2D eigenvalue weighted by Crippen LogP contribution is -2.60. The monoisotopic (exact) mass is 573 g/mol. The maximum Gasteiger partial charge on any atom is 0.256 e. The number of carbonyl (C=O) groups is 3. The van der Waals surface area contributed by atoms with Gasteiger partial charge in [-0.15, -0.1) is 0 Å². The molecule has 0 spiro atoms. The first-order valence-corrected chi connectivity index (χ1v) is 12.7. The number of morpholine rings is 1. The molecule has 9 nitrogen and oxygen atoms in total. The molecule has 5 rings (SSSR count). The molecule has 2 atom stereocenters. The van der Waals surface area contributed by atoms with Gasteiger partial charge in [0.2, 0.25) is 11.9 Å². The van der Waals surface area contributed by atoms with Crippen molar-refractivity contribution >= 4 is 41.0 Å². The smallest absolute Gasteiger partial charge is 0.256 e. The predicted molar refractivity (Wildman–Crippen MR) is 138 cm³/mol. The third-order valence-corrected chi connectivity index (χ3v) is 6.95. The highest BCUT2D eigenvalue weighted by Crippen LogP contribution is 2.39. The van der Waals surface area contributed by atoms with Crippen molar-refractivity contribution in [3.05, 3.63) is 83.4 Å². The second-order valence-corrected chi connectivity index (χ2v) is 9.83. The van der Waals surface area contributed by atoms with Crippen LogP contribution in [0.5, 0.6) is 0 Å². The number of aromatic nitrogens is 2. The first-order chi connectivity index (χ1) is 19.1. The summed E-state index contributed by atoms with van der Waals surface area (Å²) in [7, 11) is 0. The Labute approximate surface area is 231 Å². The number of carbonyl (C=O) groups excluding carboxylic acids is 3. The van der Waals surface area contributed by atoms with Crippen LogP contribution < -0.4 is 15.1 Å². The Morgan fingerprint density at radius 2 is 1.82 bits per heavy atom. The molecule has 1 saturated heterocycles. The van der Waals surface area contributed by atoms with E-state index in [9.17, 15) is 27.6 Å². The van der Waals surface area contributed by atoms with Crippen molar-refractivity contribution in [1.82, 2.24) is 15.3 Å². The van der Waals surface area contributed by atoms with Crippen LogP contribution in [0.15, 0.2) is 67.0 Å². The molecule has 3 amide bonds. The number of alkyl halides is 2. The topological polar surface area (TPSA) is 105 Å². The van der Waals surface area contributed by atoms with Crippen LogP contribution in [0.4, 0.5) is 24.8 Å². The van der Waals surface area contributed by atoms with Gasteiger partial charge in [-0.2, -0.15) is 0 Å². The molecular formula is C27H23ClF3N5O4. The van der Waals surface area contributed by atoms with Crippen molar-refractivity contribution in [2.45, 2.75) is 36.9 Å². The van der Waals surface area contributed by atoms with Crippen LogP contribution in [0.3, 0.4) is 0 Å². The minimum atomic E-state index is -2.91. The zero-order valence-corrected chi connectivity index (χ0v) is 21.6. The predicted octanol–water partition coefficient (Wildman–Crippen LogP) is 3.69. The van der Waals surface area contributed by atoms with E-state index in [-0.39, 0.29) is 35.4 Å². The minimum absolute atomic E-state index is 0.0315. The zero-order chi connectivity index (χ0) is 28.4. The average molecular weight is 574 g/mol. The summed E-state index contributed by atoms with van der Waals surface area (Å²) in [4.78, 5) is 51.3. The number of nitrogens with one attached hydrogen (secondary N) is 1. The Hall–Kier alpha value is -4.03. The van der Waals surface area contributed by atoms with Crippen molar-refractivity contribution in [2.75, 3.05) is 23.0 Å². The molecule has 0 radical (unpaired) electrons. The molecule has 2 heterocycles. The van der Waals surface area contributed by atoms with E-state index in [2.05, 4.69) is 15.3 Å². The standard InChI is InChI=1S/C27H23ClF3N5O4/c28-20-8-2-1-7-19(20)23(24(38)34-17-12-27(30,31)13-17)35(18-6-3-5-16(29)11-18)25(39)21-14-40-15-22(37)36(21)26-32-9-4-10-33-26/h1-11,17,21,23H,12-15H2,(H,34,38)/t21-,23?/m0/s1. The van der Waals surface area contributed by atoms with Crippen molar-refractivity contribution in [2.24, 2.45) is 0 Å². The highest BCUT2D eigenvalue weighted by atomic mass is 35.5. The number of hydrogen-bond donors (Lipinski definition) is 1. The lowest BCUT2D eigenvalue weighted by atomic mass is 9.87. The number of halogens is 4. The summed E-state index contributed by atoms with van der Waals surface area (Å²) >= 11 is 6.47. The fourth-order valence-electron chi connectivity index (χ4n) is 4.75. The largest absolute Gasteiger partial charge is 0.369 e. The van der Waals surface area contributed by atoms with Gasteiger partial charge in [-0.25, -0.2) is 23.1 Å². The SMILES string of the molecule is O=C(NC1CC(F)(F)C1)C(c1ccccc1Cl)N(C(=O)[C@@H]1COCC(=O)N1c1ncccn1)c1cccc(F)c1. The lowest BCUT2D eigenvalue weighted by molar-refractivity contribution is -0.136. The molecule has 208 valence electrons. The molecule has 2 aliphatic rings. The van der Waals surface area contributed by atoms with E-state index < -0.39 is 60.4 Å². The summed E-state index contributed by atoms with van der Waals surface area (Å²) in [5.74, 6) is -5.92. The number of benzene rings is 2. The summed E-state index contributed by atoms with van der Waals surface area (Å²) in [6, 6.07) is 8.98. The Bertz CT molecular complexity index is 1420. The van der Waals surface area contributed by atoms with Crippen LogP contribution in [-0.4, -0.2) is 58.9 Å². The van der Waals surface area contributed by atoms with Gasteiger partial charge in [0.1, 0.15) is 24.5 Å². The van der Waals surface area contributed by atoms with Crippen molar-refractivity contribution in [3.63, 3.8) is 0 Å². The average Bonchev–Trinajstić information content (AvgIpc) is 2.91. The number of anilines is 2. The fourth-order valence-corrected chi connectivity index (χ4v) is 4.99. The van der Waals surface area contributed by atoms with Gasteiger partial charge in [-0.05, 0) is 30.3 Å². The normalized spacial score (nSPS) is 19.4. The Morgan fingerprint density at radius 3 is 2.50 bits per heavy atom. The van der Waals surface area contributed by atoms with Gasteiger partial charge in [-0.1, -0.05) is 35.9 Å². The quantitative estimate of drug-likeness (QED) is 0.462. The van der Waals surface area contributed by atoms with Crippen LogP contribution in [0.25, 0.3) is 0 Å². The molecule has 3 aromatic rings.